The van der Waals surface area contributed by atoms with Gasteiger partial charge in [-0.25, -0.2) is 9.78 Å². The van der Waals surface area contributed by atoms with Gasteiger partial charge in [0, 0.05) is 31.4 Å². The Bertz CT molecular complexity index is 343. The predicted molar refractivity (Wildman–Crippen MR) is 64.6 cm³/mol. The molecule has 0 fully saturated rings. The molecule has 0 aliphatic rings. The van der Waals surface area contributed by atoms with Crippen LogP contribution in [0, 0.1) is 0 Å². The fourth-order valence-electron chi connectivity index (χ4n) is 1.31. The third kappa shape index (κ3) is 4.86. The molecule has 0 spiro atoms. The highest BCUT2D eigenvalue weighted by Crippen LogP contribution is 2.09. The number of nitrogens with two attached hydrogens (primary N) is 1. The van der Waals surface area contributed by atoms with E-state index >= 15 is 0 Å². The second-order valence-corrected chi connectivity index (χ2v) is 4.79. The third-order valence-corrected chi connectivity index (χ3v) is 2.08. The van der Waals surface area contributed by atoms with Crippen molar-refractivity contribution in [2.75, 3.05) is 13.1 Å². The number of H-pyrrole nitrogens is 1. The first-order valence-corrected chi connectivity index (χ1v) is 5.58. The number of alkyl carbamates (subject to hydrolysis) is 1. The largest absolute Gasteiger partial charge is 0.444 e. The summed E-state index contributed by atoms with van der Waals surface area (Å²) < 4.78 is 5.13. The third-order valence-electron chi connectivity index (χ3n) is 2.08. The van der Waals surface area contributed by atoms with Gasteiger partial charge in [-0.05, 0) is 20.8 Å². The normalized spacial score (nSPS) is 13.2. The molecular weight excluding hydrogens is 220 g/mol. The lowest BCUT2D eigenvalue weighted by atomic mass is 10.1. The number of hydrogen-bond acceptors (Lipinski definition) is 4. The number of carbonyl (C=O) groups excluding carboxylic acids is 1. The standard InChI is InChI=1S/C11H20N4O2/c1-11(2,3)17-10(16)15-7-8(6-12)9-13-4-5-14-9/h4-5,8H,6-7,12H2,1-3H3,(H,13,14)(H,15,16). The molecule has 1 aromatic heterocycles. The number of nitrogens with one attached hydrogen (secondary N) is 2. The van der Waals surface area contributed by atoms with Crippen LogP contribution in [0.1, 0.15) is 32.5 Å². The van der Waals surface area contributed by atoms with Crippen LogP contribution in [-0.4, -0.2) is 34.8 Å². The van der Waals surface area contributed by atoms with E-state index in [0.29, 0.717) is 13.1 Å². The summed E-state index contributed by atoms with van der Waals surface area (Å²) >= 11 is 0. The molecule has 0 radical (unpaired) electrons. The summed E-state index contributed by atoms with van der Waals surface area (Å²) in [6.07, 6.45) is 2.94. The average molecular weight is 240 g/mol. The zero-order valence-corrected chi connectivity index (χ0v) is 10.5. The second-order valence-electron chi connectivity index (χ2n) is 4.79. The zero-order valence-electron chi connectivity index (χ0n) is 10.5. The Balaban J connectivity index is 2.41. The fraction of sp³-hybridized carbons (Fsp3) is 0.636. The van der Waals surface area contributed by atoms with E-state index in [-0.39, 0.29) is 5.92 Å². The molecule has 1 amide bonds. The summed E-state index contributed by atoms with van der Waals surface area (Å²) in [5, 5.41) is 2.68. The van der Waals surface area contributed by atoms with Crippen LogP contribution in [0.5, 0.6) is 0 Å². The fourth-order valence-corrected chi connectivity index (χ4v) is 1.31. The Hall–Kier alpha value is -1.56. The molecule has 1 unspecified atom stereocenters. The average Bonchev–Trinajstić information content (AvgIpc) is 2.69. The minimum Gasteiger partial charge on any atom is -0.444 e. The summed E-state index contributed by atoms with van der Waals surface area (Å²) in [4.78, 5) is 18.5. The Morgan fingerprint density at radius 2 is 2.35 bits per heavy atom. The van der Waals surface area contributed by atoms with Crippen LogP contribution in [0.3, 0.4) is 0 Å². The minimum atomic E-state index is -0.493. The summed E-state index contributed by atoms with van der Waals surface area (Å²) in [5.41, 5.74) is 5.13. The van der Waals surface area contributed by atoms with Gasteiger partial charge in [-0.2, -0.15) is 0 Å². The monoisotopic (exact) mass is 240 g/mol. The van der Waals surface area contributed by atoms with Crippen molar-refractivity contribution in [3.05, 3.63) is 18.2 Å². The van der Waals surface area contributed by atoms with Crippen molar-refractivity contribution in [2.24, 2.45) is 5.73 Å². The highest BCUT2D eigenvalue weighted by molar-refractivity contribution is 5.67. The number of hydrogen-bond donors (Lipinski definition) is 3. The van der Waals surface area contributed by atoms with Crippen LogP contribution in [0.25, 0.3) is 0 Å². The number of aromatic nitrogens is 2. The van der Waals surface area contributed by atoms with Crippen LogP contribution in [-0.2, 0) is 4.74 Å². The van der Waals surface area contributed by atoms with Crippen molar-refractivity contribution in [3.8, 4) is 0 Å². The first kappa shape index (κ1) is 13.5. The van der Waals surface area contributed by atoms with E-state index < -0.39 is 11.7 Å². The maximum absolute atomic E-state index is 11.4. The highest BCUT2D eigenvalue weighted by atomic mass is 16.6. The molecule has 96 valence electrons. The lowest BCUT2D eigenvalue weighted by Gasteiger charge is -2.21. The maximum atomic E-state index is 11.4. The van der Waals surface area contributed by atoms with Crippen molar-refractivity contribution < 1.29 is 9.53 Å². The second kappa shape index (κ2) is 5.67. The topological polar surface area (TPSA) is 93.0 Å². The SMILES string of the molecule is CC(C)(C)OC(=O)NCC(CN)c1ncc[nH]1. The molecule has 1 atom stereocenters. The highest BCUT2D eigenvalue weighted by Gasteiger charge is 2.18. The van der Waals surface area contributed by atoms with Gasteiger partial charge in [-0.1, -0.05) is 0 Å². The van der Waals surface area contributed by atoms with Gasteiger partial charge in [0.15, 0.2) is 0 Å². The van der Waals surface area contributed by atoms with E-state index in [0.717, 1.165) is 5.82 Å². The van der Waals surface area contributed by atoms with Crippen molar-refractivity contribution >= 4 is 6.09 Å². The lowest BCUT2D eigenvalue weighted by molar-refractivity contribution is 0.0524. The van der Waals surface area contributed by atoms with Gasteiger partial charge in [0.2, 0.25) is 0 Å². The van der Waals surface area contributed by atoms with Crippen molar-refractivity contribution in [3.63, 3.8) is 0 Å². The Morgan fingerprint density at radius 3 is 2.82 bits per heavy atom. The molecule has 1 rings (SSSR count). The van der Waals surface area contributed by atoms with Gasteiger partial charge in [-0.15, -0.1) is 0 Å². The number of carbonyl (C=O) groups is 1. The quantitative estimate of drug-likeness (QED) is 0.731. The zero-order chi connectivity index (χ0) is 12.9. The first-order valence-electron chi connectivity index (χ1n) is 5.58. The molecule has 6 heteroatoms. The molecule has 17 heavy (non-hydrogen) atoms. The summed E-state index contributed by atoms with van der Waals surface area (Å²) in [7, 11) is 0. The number of aromatic amines is 1. The van der Waals surface area contributed by atoms with Crippen molar-refractivity contribution in [1.29, 1.82) is 0 Å². The number of ether oxygens (including phenoxy) is 1. The Kier molecular flexibility index (Phi) is 4.51. The minimum absolute atomic E-state index is 0.0301. The molecule has 0 saturated carbocycles. The van der Waals surface area contributed by atoms with Crippen LogP contribution in [0.4, 0.5) is 4.79 Å². The van der Waals surface area contributed by atoms with Gasteiger partial charge < -0.3 is 20.8 Å². The molecule has 0 saturated heterocycles. The van der Waals surface area contributed by atoms with Gasteiger partial charge in [0.05, 0.1) is 0 Å². The van der Waals surface area contributed by atoms with E-state index in [1.807, 2.05) is 20.8 Å². The number of nitrogens with zero attached hydrogens (tertiary/aromatic N) is 1. The van der Waals surface area contributed by atoms with Crippen LogP contribution in [0.2, 0.25) is 0 Å². The molecule has 1 aromatic rings. The Labute approximate surface area is 101 Å². The van der Waals surface area contributed by atoms with E-state index in [1.165, 1.54) is 0 Å². The summed E-state index contributed by atoms with van der Waals surface area (Å²) in [6.45, 7) is 6.26. The van der Waals surface area contributed by atoms with E-state index in [1.54, 1.807) is 12.4 Å². The van der Waals surface area contributed by atoms with E-state index in [2.05, 4.69) is 15.3 Å². The molecule has 4 N–H and O–H groups in total. The van der Waals surface area contributed by atoms with E-state index in [9.17, 15) is 4.79 Å². The lowest BCUT2D eigenvalue weighted by Crippen LogP contribution is -2.36. The van der Waals surface area contributed by atoms with Gasteiger partial charge in [0.1, 0.15) is 11.4 Å². The van der Waals surface area contributed by atoms with Crippen molar-refractivity contribution in [1.82, 2.24) is 15.3 Å². The van der Waals surface area contributed by atoms with Gasteiger partial charge in [0.25, 0.3) is 0 Å². The molecule has 0 bridgehead atoms. The summed E-state index contributed by atoms with van der Waals surface area (Å²) in [6, 6.07) is 0. The predicted octanol–water partition coefficient (Wildman–Crippen LogP) is 0.977. The molecule has 1 heterocycles. The van der Waals surface area contributed by atoms with Gasteiger partial charge in [-0.3, -0.25) is 0 Å². The number of rotatable bonds is 4. The smallest absolute Gasteiger partial charge is 0.407 e. The van der Waals surface area contributed by atoms with Crippen LogP contribution < -0.4 is 11.1 Å². The van der Waals surface area contributed by atoms with Crippen molar-refractivity contribution in [2.45, 2.75) is 32.3 Å². The summed E-state index contributed by atoms with van der Waals surface area (Å²) in [5.74, 6) is 0.737. The number of amides is 1. The maximum Gasteiger partial charge on any atom is 0.407 e. The van der Waals surface area contributed by atoms with Crippen LogP contribution in [0.15, 0.2) is 12.4 Å². The number of imidazole rings is 1. The molecule has 0 aromatic carbocycles. The molecule has 6 nitrogen and oxygen atoms in total. The van der Waals surface area contributed by atoms with Crippen LogP contribution >= 0.6 is 0 Å². The molecular formula is C11H20N4O2. The molecule has 0 aliphatic heterocycles. The first-order chi connectivity index (χ1) is 7.92. The molecule has 0 aliphatic carbocycles. The Morgan fingerprint density at radius 1 is 1.65 bits per heavy atom. The van der Waals surface area contributed by atoms with Gasteiger partial charge >= 0.3 is 6.09 Å². The van der Waals surface area contributed by atoms with E-state index in [4.69, 9.17) is 10.5 Å².